The minimum atomic E-state index is 0.0979. The van der Waals surface area contributed by atoms with Crippen LogP contribution in [0, 0.1) is 11.8 Å². The zero-order chi connectivity index (χ0) is 13.5. The van der Waals surface area contributed by atoms with Crippen molar-refractivity contribution in [3.05, 3.63) is 0 Å². The summed E-state index contributed by atoms with van der Waals surface area (Å²) in [5.41, 5.74) is 6.05. The predicted octanol–water partition coefficient (Wildman–Crippen LogP) is 1.37. The second-order valence-electron chi connectivity index (χ2n) is 5.48. The number of piperidine rings is 1. The third-order valence-corrected chi connectivity index (χ3v) is 3.99. The summed E-state index contributed by atoms with van der Waals surface area (Å²) < 4.78 is 0. The Morgan fingerprint density at radius 2 is 2.06 bits per heavy atom. The maximum absolute atomic E-state index is 12.3. The van der Waals surface area contributed by atoms with Crippen LogP contribution in [-0.2, 0) is 4.79 Å². The lowest BCUT2D eigenvalue weighted by molar-refractivity contribution is -0.138. The van der Waals surface area contributed by atoms with Crippen LogP contribution in [0.25, 0.3) is 0 Å². The van der Waals surface area contributed by atoms with Gasteiger partial charge in [-0.1, -0.05) is 13.8 Å². The van der Waals surface area contributed by atoms with Crippen LogP contribution in [-0.4, -0.2) is 41.7 Å². The van der Waals surface area contributed by atoms with Gasteiger partial charge in [-0.3, -0.25) is 4.79 Å². The van der Waals surface area contributed by atoms with Gasteiger partial charge in [-0.25, -0.2) is 0 Å². The molecule has 2 unspecified atom stereocenters. The SMILES string of the molecule is CCC(CC)C(=O)N1CC(N)CC(CCCO)C1. The van der Waals surface area contributed by atoms with Gasteiger partial charge in [0.25, 0.3) is 0 Å². The van der Waals surface area contributed by atoms with Gasteiger partial charge in [0.05, 0.1) is 0 Å². The molecule has 1 saturated heterocycles. The number of hydrogen-bond acceptors (Lipinski definition) is 3. The van der Waals surface area contributed by atoms with Gasteiger partial charge in [0.15, 0.2) is 0 Å². The summed E-state index contributed by atoms with van der Waals surface area (Å²) in [4.78, 5) is 14.3. The molecule has 0 saturated carbocycles. The highest BCUT2D eigenvalue weighted by Gasteiger charge is 2.30. The summed E-state index contributed by atoms with van der Waals surface area (Å²) in [5.74, 6) is 0.872. The second-order valence-corrected chi connectivity index (χ2v) is 5.48. The number of nitrogens with zero attached hydrogens (tertiary/aromatic N) is 1. The Morgan fingerprint density at radius 1 is 1.39 bits per heavy atom. The van der Waals surface area contributed by atoms with Crippen LogP contribution in [0.2, 0.25) is 0 Å². The van der Waals surface area contributed by atoms with Crippen LogP contribution >= 0.6 is 0 Å². The van der Waals surface area contributed by atoms with E-state index in [1.54, 1.807) is 0 Å². The van der Waals surface area contributed by atoms with Crippen molar-refractivity contribution in [3.63, 3.8) is 0 Å². The predicted molar refractivity (Wildman–Crippen MR) is 73.1 cm³/mol. The smallest absolute Gasteiger partial charge is 0.225 e. The molecule has 1 amide bonds. The lowest BCUT2D eigenvalue weighted by atomic mass is 9.89. The van der Waals surface area contributed by atoms with Crippen molar-refractivity contribution in [3.8, 4) is 0 Å². The fraction of sp³-hybridized carbons (Fsp3) is 0.929. The molecule has 0 aromatic rings. The van der Waals surface area contributed by atoms with Crippen molar-refractivity contribution in [2.75, 3.05) is 19.7 Å². The second kappa shape index (κ2) is 7.74. The van der Waals surface area contributed by atoms with Crippen LogP contribution < -0.4 is 5.73 Å². The molecule has 0 bridgehead atoms. The maximum atomic E-state index is 12.3. The monoisotopic (exact) mass is 256 g/mol. The van der Waals surface area contributed by atoms with Gasteiger partial charge in [0, 0.05) is 31.7 Å². The molecule has 1 aliphatic rings. The molecule has 0 aromatic carbocycles. The summed E-state index contributed by atoms with van der Waals surface area (Å²) >= 11 is 0. The highest BCUT2D eigenvalue weighted by atomic mass is 16.2. The molecule has 1 rings (SSSR count). The molecule has 106 valence electrons. The Morgan fingerprint density at radius 3 is 2.61 bits per heavy atom. The first-order valence-corrected chi connectivity index (χ1v) is 7.27. The van der Waals surface area contributed by atoms with Crippen LogP contribution in [0.5, 0.6) is 0 Å². The Hall–Kier alpha value is -0.610. The normalized spacial score (nSPS) is 24.6. The fourth-order valence-corrected chi connectivity index (χ4v) is 2.91. The number of likely N-dealkylation sites (tertiary alicyclic amines) is 1. The fourth-order valence-electron chi connectivity index (χ4n) is 2.91. The number of carbonyl (C=O) groups excluding carboxylic acids is 1. The van der Waals surface area contributed by atoms with Crippen molar-refractivity contribution in [2.24, 2.45) is 17.6 Å². The lowest BCUT2D eigenvalue weighted by Crippen LogP contribution is -2.51. The zero-order valence-corrected chi connectivity index (χ0v) is 11.8. The zero-order valence-electron chi connectivity index (χ0n) is 11.8. The van der Waals surface area contributed by atoms with E-state index in [4.69, 9.17) is 10.8 Å². The molecule has 3 N–H and O–H groups in total. The minimum absolute atomic E-state index is 0.0979. The number of rotatable bonds is 6. The molecular formula is C14H28N2O2. The molecule has 18 heavy (non-hydrogen) atoms. The first kappa shape index (κ1) is 15.4. The molecule has 2 atom stereocenters. The number of nitrogens with two attached hydrogens (primary N) is 1. The molecule has 4 nitrogen and oxygen atoms in total. The summed E-state index contributed by atoms with van der Waals surface area (Å²) in [6.45, 7) is 5.89. The minimum Gasteiger partial charge on any atom is -0.396 e. The van der Waals surface area contributed by atoms with E-state index in [2.05, 4.69) is 13.8 Å². The number of aliphatic hydroxyl groups is 1. The van der Waals surface area contributed by atoms with E-state index in [0.29, 0.717) is 12.5 Å². The van der Waals surface area contributed by atoms with Gasteiger partial charge in [-0.05, 0) is 38.0 Å². The van der Waals surface area contributed by atoms with Crippen LogP contribution in [0.3, 0.4) is 0 Å². The summed E-state index contributed by atoms with van der Waals surface area (Å²) in [7, 11) is 0. The number of hydrogen-bond donors (Lipinski definition) is 2. The molecule has 0 aromatic heterocycles. The molecule has 0 radical (unpaired) electrons. The molecule has 4 heteroatoms. The van der Waals surface area contributed by atoms with Crippen molar-refractivity contribution in [1.82, 2.24) is 4.90 Å². The number of amides is 1. The van der Waals surface area contributed by atoms with E-state index in [-0.39, 0.29) is 24.5 Å². The standard InChI is InChI=1S/C14H28N2O2/c1-3-12(4-2)14(18)16-9-11(6-5-7-17)8-13(15)10-16/h11-13,17H,3-10,15H2,1-2H3. The third kappa shape index (κ3) is 4.25. The van der Waals surface area contributed by atoms with Gasteiger partial charge >= 0.3 is 0 Å². The van der Waals surface area contributed by atoms with Crippen molar-refractivity contribution < 1.29 is 9.90 Å². The van der Waals surface area contributed by atoms with Crippen molar-refractivity contribution >= 4 is 5.91 Å². The lowest BCUT2D eigenvalue weighted by Gasteiger charge is -2.38. The van der Waals surface area contributed by atoms with E-state index >= 15 is 0 Å². The van der Waals surface area contributed by atoms with Gasteiger partial charge in [0.1, 0.15) is 0 Å². The largest absolute Gasteiger partial charge is 0.396 e. The number of carbonyl (C=O) groups is 1. The highest BCUT2D eigenvalue weighted by molar-refractivity contribution is 5.78. The molecular weight excluding hydrogens is 228 g/mol. The van der Waals surface area contributed by atoms with E-state index in [9.17, 15) is 4.79 Å². The van der Waals surface area contributed by atoms with E-state index in [1.165, 1.54) is 0 Å². The average molecular weight is 256 g/mol. The quantitative estimate of drug-likeness (QED) is 0.754. The van der Waals surface area contributed by atoms with E-state index in [1.807, 2.05) is 4.90 Å². The van der Waals surface area contributed by atoms with E-state index < -0.39 is 0 Å². The first-order valence-electron chi connectivity index (χ1n) is 7.27. The molecule has 1 fully saturated rings. The molecule has 0 aliphatic carbocycles. The Kier molecular flexibility index (Phi) is 6.65. The topological polar surface area (TPSA) is 66.6 Å². The average Bonchev–Trinajstić information content (AvgIpc) is 2.37. The maximum Gasteiger partial charge on any atom is 0.225 e. The Bertz CT molecular complexity index is 254. The van der Waals surface area contributed by atoms with Gasteiger partial charge in [-0.2, -0.15) is 0 Å². The molecule has 1 heterocycles. The van der Waals surface area contributed by atoms with Gasteiger partial charge < -0.3 is 15.7 Å². The first-order chi connectivity index (χ1) is 8.62. The highest BCUT2D eigenvalue weighted by Crippen LogP contribution is 2.23. The van der Waals surface area contributed by atoms with Gasteiger partial charge in [-0.15, -0.1) is 0 Å². The molecule has 0 spiro atoms. The van der Waals surface area contributed by atoms with Crippen molar-refractivity contribution in [1.29, 1.82) is 0 Å². The van der Waals surface area contributed by atoms with Crippen LogP contribution in [0.15, 0.2) is 0 Å². The Balaban J connectivity index is 2.56. The van der Waals surface area contributed by atoms with Crippen molar-refractivity contribution in [2.45, 2.75) is 52.0 Å². The number of aliphatic hydroxyl groups excluding tert-OH is 1. The summed E-state index contributed by atoms with van der Waals surface area (Å²) in [6.07, 6.45) is 4.57. The third-order valence-electron chi connectivity index (χ3n) is 3.99. The van der Waals surface area contributed by atoms with Crippen LogP contribution in [0.4, 0.5) is 0 Å². The summed E-state index contributed by atoms with van der Waals surface area (Å²) in [6, 6.07) is 0.0979. The Labute approximate surface area is 111 Å². The molecule has 1 aliphatic heterocycles. The van der Waals surface area contributed by atoms with Crippen LogP contribution in [0.1, 0.15) is 46.0 Å². The van der Waals surface area contributed by atoms with E-state index in [0.717, 1.165) is 38.6 Å². The summed E-state index contributed by atoms with van der Waals surface area (Å²) in [5, 5.41) is 8.89. The van der Waals surface area contributed by atoms with Gasteiger partial charge in [0.2, 0.25) is 5.91 Å².